The molecule has 9 atom stereocenters. The molecule has 2 aliphatic rings. The number of carboxylic acids is 1. The third-order valence-corrected chi connectivity index (χ3v) is 6.92. The summed E-state index contributed by atoms with van der Waals surface area (Å²) in [6.07, 6.45) is -21.1. The van der Waals surface area contributed by atoms with E-state index in [9.17, 15) is 64.4 Å². The lowest BCUT2D eigenvalue weighted by atomic mass is 9.98. The summed E-state index contributed by atoms with van der Waals surface area (Å²) in [6, 6.07) is 0. The van der Waals surface area contributed by atoms with Gasteiger partial charge in [-0.3, -0.25) is 31.0 Å². The fourth-order valence-corrected chi connectivity index (χ4v) is 5.36. The van der Waals surface area contributed by atoms with Crippen molar-refractivity contribution in [2.24, 2.45) is 0 Å². The van der Waals surface area contributed by atoms with Crippen LogP contribution in [0.2, 0.25) is 0 Å². The van der Waals surface area contributed by atoms with Gasteiger partial charge in [-0.25, -0.2) is 25.3 Å². The molecule has 1 N–H and O–H groups in total. The van der Waals surface area contributed by atoms with Gasteiger partial charge in [-0.1, -0.05) is 0 Å². The van der Waals surface area contributed by atoms with E-state index in [1.165, 1.54) is 0 Å². The Morgan fingerprint density at radius 2 is 1.33 bits per heavy atom. The van der Waals surface area contributed by atoms with E-state index in [-0.39, 0.29) is 12.3 Å². The van der Waals surface area contributed by atoms with Crippen LogP contribution in [-0.4, -0.2) is 118 Å². The number of hydrogen-bond donors (Lipinski definition) is 1. The van der Waals surface area contributed by atoms with Crippen LogP contribution in [0.4, 0.5) is 0 Å². The smallest absolute Gasteiger partial charge is 0.218 e. The molecule has 31 heteroatoms. The summed E-state index contributed by atoms with van der Waals surface area (Å²) in [4.78, 5) is 11.7. The molecule has 2 aliphatic heterocycles. The zero-order valence-electron chi connectivity index (χ0n) is 19.8. The van der Waals surface area contributed by atoms with Crippen LogP contribution in [0.5, 0.6) is 0 Å². The number of ether oxygens (including phenoxy) is 3. The second kappa shape index (κ2) is 16.7. The van der Waals surface area contributed by atoms with Crippen LogP contribution in [0.15, 0.2) is 0 Å². The van der Waals surface area contributed by atoms with E-state index in [0.29, 0.717) is 0 Å². The van der Waals surface area contributed by atoms with E-state index in [4.69, 9.17) is 18.4 Å². The first-order chi connectivity index (χ1) is 19.9. The summed E-state index contributed by atoms with van der Waals surface area (Å²) >= 11 is -0.606. The number of aliphatic carboxylic acids is 1. The molecule has 26 nitrogen and oxygen atoms in total. The second-order valence-electron chi connectivity index (χ2n) is 7.43. The minimum absolute atomic E-state index is 0.190. The SMILES string of the molecule is O=C([O-])C1OC(OC2C(COSOO[O-])OC(COS(=O)(=O)[O-])C2OS(=O)(=O)[O-])C(OS(=O)(=O)[O-])C(O)C1OSOO[O-]. The van der Waals surface area contributed by atoms with Crippen molar-refractivity contribution in [2.45, 2.75) is 55.1 Å². The van der Waals surface area contributed by atoms with Gasteiger partial charge in [0, 0.05) is 0 Å². The van der Waals surface area contributed by atoms with Crippen LogP contribution in [0, 0.1) is 0 Å². The molecule has 0 aromatic heterocycles. The zero-order chi connectivity index (χ0) is 32.6. The third kappa shape index (κ3) is 12.9. The summed E-state index contributed by atoms with van der Waals surface area (Å²) < 4.78 is 146. The van der Waals surface area contributed by atoms with Crippen LogP contribution in [0.3, 0.4) is 0 Å². The van der Waals surface area contributed by atoms with Crippen LogP contribution >= 0.6 is 24.6 Å². The van der Waals surface area contributed by atoms with Crippen LogP contribution in [-0.2, 0) is 89.9 Å². The molecule has 2 rings (SSSR count). The van der Waals surface area contributed by atoms with Crippen molar-refractivity contribution in [1.82, 2.24) is 0 Å². The molecule has 43 heavy (non-hydrogen) atoms. The lowest BCUT2D eigenvalue weighted by molar-refractivity contribution is -0.777. The fourth-order valence-electron chi connectivity index (χ4n) is 3.46. The molecule has 2 fully saturated rings. The Balaban J connectivity index is 2.50. The number of aliphatic hydroxyl groups excluding tert-OH is 1. The molecule has 0 saturated carbocycles. The van der Waals surface area contributed by atoms with Gasteiger partial charge in [-0.2, -0.15) is 0 Å². The Labute approximate surface area is 248 Å². The average Bonchev–Trinajstić information content (AvgIpc) is 3.17. The largest absolute Gasteiger partial charge is 0.726 e. The molecule has 2 saturated heterocycles. The lowest BCUT2D eigenvalue weighted by Gasteiger charge is -2.44. The topological polar surface area (TPSA) is 389 Å². The van der Waals surface area contributed by atoms with Crippen molar-refractivity contribution < 1.29 is 118 Å². The number of carbonyl (C=O) groups excluding carboxylic acids is 1. The highest BCUT2D eigenvalue weighted by Crippen LogP contribution is 2.35. The van der Waals surface area contributed by atoms with E-state index >= 15 is 0 Å². The molecule has 0 bridgehead atoms. The molecular formula is C12H14O26S5-6. The fraction of sp³-hybridized carbons (Fsp3) is 0.917. The van der Waals surface area contributed by atoms with E-state index in [1.807, 2.05) is 0 Å². The number of aliphatic hydroxyl groups is 1. The van der Waals surface area contributed by atoms with Crippen molar-refractivity contribution in [3.8, 4) is 0 Å². The quantitative estimate of drug-likeness (QED) is 0.0321. The molecular weight excluding hydrogens is 720 g/mol. The molecule has 254 valence electrons. The first kappa shape index (κ1) is 38.5. The van der Waals surface area contributed by atoms with Crippen molar-refractivity contribution >= 4 is 61.8 Å². The maximum atomic E-state index is 11.7. The van der Waals surface area contributed by atoms with E-state index < -0.39 is 118 Å². The molecule has 0 amide bonds. The Hall–Kier alpha value is -0.700. The monoisotopic (exact) mass is 734 g/mol. The van der Waals surface area contributed by atoms with Crippen LogP contribution in [0.25, 0.3) is 0 Å². The minimum Gasteiger partial charge on any atom is -0.726 e. The summed E-state index contributed by atoms with van der Waals surface area (Å²) in [7, 11) is -17.1. The number of carboxylic acid groups (broad SMARTS) is 1. The van der Waals surface area contributed by atoms with Gasteiger partial charge in [0.25, 0.3) is 0 Å². The van der Waals surface area contributed by atoms with Gasteiger partial charge in [0.05, 0.1) is 19.2 Å². The molecule has 0 radical (unpaired) electrons. The normalized spacial score (nSPS) is 32.2. The summed E-state index contributed by atoms with van der Waals surface area (Å²) in [6.45, 7) is -2.31. The Kier molecular flexibility index (Phi) is 15.0. The molecule has 2 heterocycles. The lowest BCUT2D eigenvalue weighted by Crippen LogP contribution is -2.65. The standard InChI is InChI=1S/C12H20O26S5/c13-5-8(32-40-38-36-17)10(11(14)15)31-12(9(5)34-43(24,25)26)30-6-3(1-27-39-37-35-16)29-4(2-28-41(18,19)20)7(6)33-42(21,22)23/h3-10,12-13,16-17H,1-2H2,(H,14,15)(H,18,19,20)(H,21,22,23)(H,24,25,26)/p-6. The third-order valence-electron chi connectivity index (χ3n) is 4.83. The predicted molar refractivity (Wildman–Crippen MR) is 108 cm³/mol. The number of hydrogen-bond acceptors (Lipinski definition) is 28. The second-order valence-corrected chi connectivity index (χ2v) is 11.5. The van der Waals surface area contributed by atoms with Crippen LogP contribution < -0.4 is 15.6 Å². The van der Waals surface area contributed by atoms with Gasteiger partial charge in [-0.05, 0) is 0 Å². The number of carbonyl (C=O) groups is 1. The molecule has 0 aromatic carbocycles. The van der Waals surface area contributed by atoms with Gasteiger partial charge in [0.15, 0.2) is 37.0 Å². The summed E-state index contributed by atoms with van der Waals surface area (Å²) in [5, 5.41) is 48.1. The van der Waals surface area contributed by atoms with Crippen LogP contribution in [0.1, 0.15) is 0 Å². The predicted octanol–water partition coefficient (Wildman–Crippen LogP) is -7.88. The Morgan fingerprint density at radius 1 is 0.767 bits per heavy atom. The zero-order valence-corrected chi connectivity index (χ0v) is 23.9. The van der Waals surface area contributed by atoms with Gasteiger partial charge >= 0.3 is 0 Å². The first-order valence-electron chi connectivity index (χ1n) is 10.1. The Morgan fingerprint density at radius 3 is 1.86 bits per heavy atom. The van der Waals surface area contributed by atoms with Gasteiger partial charge in [0.2, 0.25) is 31.2 Å². The van der Waals surface area contributed by atoms with Crippen molar-refractivity contribution in [1.29, 1.82) is 0 Å². The molecule has 0 aliphatic carbocycles. The van der Waals surface area contributed by atoms with Gasteiger partial charge < -0.3 is 53.4 Å². The minimum atomic E-state index is -5.84. The highest BCUT2D eigenvalue weighted by molar-refractivity contribution is 7.90. The maximum absolute atomic E-state index is 11.7. The highest BCUT2D eigenvalue weighted by Gasteiger charge is 2.54. The van der Waals surface area contributed by atoms with Crippen molar-refractivity contribution in [3.05, 3.63) is 0 Å². The highest BCUT2D eigenvalue weighted by atomic mass is 32.3. The summed E-state index contributed by atoms with van der Waals surface area (Å²) in [5.74, 6) is -2.24. The van der Waals surface area contributed by atoms with Crippen molar-refractivity contribution in [3.63, 3.8) is 0 Å². The van der Waals surface area contributed by atoms with Crippen molar-refractivity contribution in [2.75, 3.05) is 13.2 Å². The number of rotatable bonds is 19. The molecule has 9 unspecified atom stereocenters. The van der Waals surface area contributed by atoms with E-state index in [2.05, 4.69) is 35.5 Å². The Bertz CT molecular complexity index is 1210. The molecule has 0 spiro atoms. The van der Waals surface area contributed by atoms with E-state index in [0.717, 1.165) is 0 Å². The van der Waals surface area contributed by atoms with Gasteiger partial charge in [-0.15, -0.1) is 8.67 Å². The first-order valence-corrected chi connectivity index (χ1v) is 15.5. The van der Waals surface area contributed by atoms with E-state index in [1.54, 1.807) is 0 Å². The maximum Gasteiger partial charge on any atom is 0.218 e. The molecule has 0 aromatic rings. The van der Waals surface area contributed by atoms with Gasteiger partial charge in [0.1, 0.15) is 42.7 Å². The average molecular weight is 735 g/mol. The summed E-state index contributed by atoms with van der Waals surface area (Å²) in [5.41, 5.74) is 0.